The van der Waals surface area contributed by atoms with Crippen molar-refractivity contribution in [3.8, 4) is 5.75 Å². The van der Waals surface area contributed by atoms with Crippen LogP contribution in [0.15, 0.2) is 40.1 Å². The van der Waals surface area contributed by atoms with Crippen molar-refractivity contribution in [2.24, 2.45) is 5.73 Å². The largest absolute Gasteiger partial charge is 0.493 e. The third kappa shape index (κ3) is 2.98. The van der Waals surface area contributed by atoms with Crippen LogP contribution in [0.4, 0.5) is 0 Å². The number of amides is 1. The first-order valence-corrected chi connectivity index (χ1v) is 7.68. The summed E-state index contributed by atoms with van der Waals surface area (Å²) >= 11 is 1.51. The second kappa shape index (κ2) is 6.21. The van der Waals surface area contributed by atoms with Crippen LogP contribution in [0.1, 0.15) is 21.0 Å². The standard InChI is InChI=1S/C16H16N2O3S/c1-20-14-4-2-3-10-5-12(21-15(10)14)7-18-8-13-6-11(9-22-13)16(17)19/h2-6,9,18H,7-8H2,1H3,(H2,17,19). The molecule has 2 aromatic heterocycles. The maximum Gasteiger partial charge on any atom is 0.249 e. The number of carbonyl (C=O) groups is 1. The van der Waals surface area contributed by atoms with Gasteiger partial charge in [-0.25, -0.2) is 0 Å². The van der Waals surface area contributed by atoms with Gasteiger partial charge in [-0.15, -0.1) is 11.3 Å². The van der Waals surface area contributed by atoms with Crippen LogP contribution in [0.5, 0.6) is 5.75 Å². The van der Waals surface area contributed by atoms with E-state index in [0.717, 1.165) is 27.4 Å². The van der Waals surface area contributed by atoms with Crippen LogP contribution >= 0.6 is 11.3 Å². The van der Waals surface area contributed by atoms with Crippen molar-refractivity contribution in [2.75, 3.05) is 7.11 Å². The monoisotopic (exact) mass is 316 g/mol. The molecule has 114 valence electrons. The minimum absolute atomic E-state index is 0.396. The fraction of sp³-hybridized carbons (Fsp3) is 0.188. The molecule has 3 rings (SSSR count). The Balaban J connectivity index is 1.65. The van der Waals surface area contributed by atoms with Crippen molar-refractivity contribution in [3.63, 3.8) is 0 Å². The van der Waals surface area contributed by atoms with E-state index in [1.807, 2.05) is 30.3 Å². The van der Waals surface area contributed by atoms with Gasteiger partial charge < -0.3 is 20.2 Å². The van der Waals surface area contributed by atoms with Crippen molar-refractivity contribution < 1.29 is 13.9 Å². The van der Waals surface area contributed by atoms with E-state index in [-0.39, 0.29) is 0 Å². The summed E-state index contributed by atoms with van der Waals surface area (Å²) in [7, 11) is 1.63. The summed E-state index contributed by atoms with van der Waals surface area (Å²) in [4.78, 5) is 12.1. The molecule has 1 aromatic carbocycles. The molecule has 2 heterocycles. The van der Waals surface area contributed by atoms with Crippen molar-refractivity contribution in [1.82, 2.24) is 5.32 Å². The van der Waals surface area contributed by atoms with Crippen LogP contribution in [-0.2, 0) is 13.1 Å². The van der Waals surface area contributed by atoms with Crippen molar-refractivity contribution >= 4 is 28.2 Å². The molecule has 22 heavy (non-hydrogen) atoms. The van der Waals surface area contributed by atoms with Gasteiger partial charge in [0.05, 0.1) is 19.2 Å². The summed E-state index contributed by atoms with van der Waals surface area (Å²) in [6.45, 7) is 1.26. The molecule has 0 fully saturated rings. The van der Waals surface area contributed by atoms with E-state index in [9.17, 15) is 4.79 Å². The Kier molecular flexibility index (Phi) is 4.13. The number of hydrogen-bond acceptors (Lipinski definition) is 5. The normalized spacial score (nSPS) is 11.0. The van der Waals surface area contributed by atoms with Crippen LogP contribution in [-0.4, -0.2) is 13.0 Å². The molecule has 6 heteroatoms. The Morgan fingerprint density at radius 3 is 2.95 bits per heavy atom. The molecule has 0 aliphatic carbocycles. The molecule has 0 atom stereocenters. The number of carbonyl (C=O) groups excluding carboxylic acids is 1. The number of primary amides is 1. The van der Waals surface area contributed by atoms with E-state index < -0.39 is 5.91 Å². The number of nitrogens with two attached hydrogens (primary N) is 1. The highest BCUT2D eigenvalue weighted by Crippen LogP contribution is 2.28. The first-order chi connectivity index (χ1) is 10.7. The molecule has 0 saturated carbocycles. The molecule has 0 saturated heterocycles. The quantitative estimate of drug-likeness (QED) is 0.733. The molecule has 0 radical (unpaired) electrons. The lowest BCUT2D eigenvalue weighted by atomic mass is 10.2. The lowest BCUT2D eigenvalue weighted by molar-refractivity contribution is 0.100. The molecule has 1 amide bonds. The topological polar surface area (TPSA) is 77.5 Å². The number of rotatable bonds is 6. The van der Waals surface area contributed by atoms with Gasteiger partial charge in [-0.1, -0.05) is 12.1 Å². The highest BCUT2D eigenvalue weighted by molar-refractivity contribution is 7.10. The number of thiophene rings is 1. The van der Waals surface area contributed by atoms with E-state index >= 15 is 0 Å². The number of hydrogen-bond donors (Lipinski definition) is 2. The van der Waals surface area contributed by atoms with Gasteiger partial charge in [0, 0.05) is 22.2 Å². The Morgan fingerprint density at radius 1 is 1.36 bits per heavy atom. The summed E-state index contributed by atoms with van der Waals surface area (Å²) in [5.74, 6) is 1.17. The molecule has 0 aliphatic rings. The summed E-state index contributed by atoms with van der Waals surface area (Å²) < 4.78 is 11.1. The Hall–Kier alpha value is -2.31. The number of para-hydroxylation sites is 1. The number of fused-ring (bicyclic) bond motifs is 1. The minimum atomic E-state index is -0.396. The predicted molar refractivity (Wildman–Crippen MR) is 86.1 cm³/mol. The lowest BCUT2D eigenvalue weighted by Crippen LogP contribution is -2.12. The van der Waals surface area contributed by atoms with Gasteiger partial charge in [0.15, 0.2) is 11.3 Å². The lowest BCUT2D eigenvalue weighted by Gasteiger charge is -2.00. The number of benzene rings is 1. The smallest absolute Gasteiger partial charge is 0.249 e. The van der Waals surface area contributed by atoms with E-state index in [2.05, 4.69) is 5.32 Å². The van der Waals surface area contributed by atoms with E-state index in [1.54, 1.807) is 12.5 Å². The summed E-state index contributed by atoms with van der Waals surface area (Å²) in [6.07, 6.45) is 0. The van der Waals surface area contributed by atoms with Gasteiger partial charge in [0.25, 0.3) is 0 Å². The summed E-state index contributed by atoms with van der Waals surface area (Å²) in [6, 6.07) is 9.60. The highest BCUT2D eigenvalue weighted by Gasteiger charge is 2.09. The second-order valence-corrected chi connectivity index (χ2v) is 5.86. The molecule has 5 nitrogen and oxygen atoms in total. The number of methoxy groups -OCH3 is 1. The van der Waals surface area contributed by atoms with Gasteiger partial charge in [-0.3, -0.25) is 4.79 Å². The summed E-state index contributed by atoms with van der Waals surface area (Å²) in [5, 5.41) is 6.08. The molecule has 3 aromatic rings. The van der Waals surface area contributed by atoms with Crippen LogP contribution in [0.3, 0.4) is 0 Å². The maximum atomic E-state index is 11.1. The number of ether oxygens (including phenoxy) is 1. The SMILES string of the molecule is COc1cccc2cc(CNCc3cc(C(N)=O)cs3)oc12. The fourth-order valence-electron chi connectivity index (χ4n) is 2.25. The Bertz CT molecular complexity index is 807. The third-order valence-electron chi connectivity index (χ3n) is 3.32. The number of furan rings is 1. The Morgan fingerprint density at radius 2 is 2.23 bits per heavy atom. The van der Waals surface area contributed by atoms with Crippen LogP contribution < -0.4 is 15.8 Å². The molecular weight excluding hydrogens is 300 g/mol. The maximum absolute atomic E-state index is 11.1. The van der Waals surface area contributed by atoms with Crippen LogP contribution in [0.2, 0.25) is 0 Å². The second-order valence-electron chi connectivity index (χ2n) is 4.86. The summed E-state index contributed by atoms with van der Waals surface area (Å²) in [5.41, 5.74) is 6.55. The molecule has 0 unspecified atom stereocenters. The first-order valence-electron chi connectivity index (χ1n) is 6.80. The first kappa shape index (κ1) is 14.6. The van der Waals surface area contributed by atoms with Gasteiger partial charge in [0.2, 0.25) is 5.91 Å². The molecule has 3 N–H and O–H groups in total. The van der Waals surface area contributed by atoms with E-state index in [1.165, 1.54) is 11.3 Å². The fourth-order valence-corrected chi connectivity index (χ4v) is 3.09. The third-order valence-corrected chi connectivity index (χ3v) is 4.25. The minimum Gasteiger partial charge on any atom is -0.493 e. The predicted octanol–water partition coefficient (Wildman–Crippen LogP) is 2.89. The zero-order chi connectivity index (χ0) is 15.5. The molecule has 0 spiro atoms. The zero-order valence-electron chi connectivity index (χ0n) is 12.1. The van der Waals surface area contributed by atoms with Gasteiger partial charge in [0.1, 0.15) is 5.76 Å². The van der Waals surface area contributed by atoms with Gasteiger partial charge in [-0.05, 0) is 18.2 Å². The van der Waals surface area contributed by atoms with Gasteiger partial charge in [-0.2, -0.15) is 0 Å². The average Bonchev–Trinajstić information content (AvgIpc) is 3.13. The van der Waals surface area contributed by atoms with E-state index in [4.69, 9.17) is 14.9 Å². The zero-order valence-corrected chi connectivity index (χ0v) is 12.9. The Labute approximate surface area is 131 Å². The molecule has 0 bridgehead atoms. The number of nitrogens with one attached hydrogen (secondary N) is 1. The van der Waals surface area contributed by atoms with Crippen LogP contribution in [0, 0.1) is 0 Å². The van der Waals surface area contributed by atoms with Gasteiger partial charge >= 0.3 is 0 Å². The van der Waals surface area contributed by atoms with Crippen molar-refractivity contribution in [2.45, 2.75) is 13.1 Å². The highest BCUT2D eigenvalue weighted by atomic mass is 32.1. The van der Waals surface area contributed by atoms with Crippen LogP contribution in [0.25, 0.3) is 11.0 Å². The van der Waals surface area contributed by atoms with E-state index in [0.29, 0.717) is 18.7 Å². The molecular formula is C16H16N2O3S. The van der Waals surface area contributed by atoms with Crippen molar-refractivity contribution in [1.29, 1.82) is 0 Å². The average molecular weight is 316 g/mol. The van der Waals surface area contributed by atoms with Crippen molar-refractivity contribution in [3.05, 3.63) is 51.9 Å². The molecule has 0 aliphatic heterocycles.